The van der Waals surface area contributed by atoms with E-state index in [0.717, 1.165) is 25.7 Å². The second kappa shape index (κ2) is 6.29. The fourth-order valence-electron chi connectivity index (χ4n) is 4.73. The summed E-state index contributed by atoms with van der Waals surface area (Å²) in [5.74, 6) is 0.548. The van der Waals surface area contributed by atoms with Gasteiger partial charge in [-0.1, -0.05) is 78.4 Å². The number of benzene rings is 3. The molecule has 0 aliphatic heterocycles. The molecule has 0 fully saturated rings. The molecule has 2 aliphatic rings. The van der Waals surface area contributed by atoms with Gasteiger partial charge in [-0.15, -0.1) is 0 Å². The third-order valence-corrected chi connectivity index (χ3v) is 6.01. The Morgan fingerprint density at radius 2 is 1.62 bits per heavy atom. The predicted molar refractivity (Wildman–Crippen MR) is 109 cm³/mol. The van der Waals surface area contributed by atoms with Crippen LogP contribution in [0.2, 0.25) is 0 Å². The fourth-order valence-corrected chi connectivity index (χ4v) is 4.73. The number of fused-ring (bicyclic) bond motifs is 5. The lowest BCUT2D eigenvalue weighted by molar-refractivity contribution is 0.667. The van der Waals surface area contributed by atoms with Gasteiger partial charge in [0, 0.05) is 0 Å². The molecule has 0 amide bonds. The molecule has 0 saturated heterocycles. The van der Waals surface area contributed by atoms with Crippen molar-refractivity contribution in [1.29, 1.82) is 0 Å². The quantitative estimate of drug-likeness (QED) is 0.531. The molecule has 1 unspecified atom stereocenters. The van der Waals surface area contributed by atoms with Gasteiger partial charge in [0.15, 0.2) is 0 Å². The van der Waals surface area contributed by atoms with E-state index < -0.39 is 0 Å². The van der Waals surface area contributed by atoms with Crippen molar-refractivity contribution >= 4 is 0 Å². The highest BCUT2D eigenvalue weighted by Crippen LogP contribution is 2.44. The molecule has 1 atom stereocenters. The maximum absolute atomic E-state index is 4.24. The van der Waals surface area contributed by atoms with E-state index in [1.165, 1.54) is 33.4 Å². The third kappa shape index (κ3) is 2.61. The Morgan fingerprint density at radius 3 is 2.50 bits per heavy atom. The summed E-state index contributed by atoms with van der Waals surface area (Å²) >= 11 is 0. The van der Waals surface area contributed by atoms with Crippen LogP contribution in [-0.2, 0) is 25.7 Å². The third-order valence-electron chi connectivity index (χ3n) is 6.01. The molecule has 3 aromatic rings. The lowest BCUT2D eigenvalue weighted by Crippen LogP contribution is -2.17. The van der Waals surface area contributed by atoms with Gasteiger partial charge < -0.3 is 0 Å². The van der Waals surface area contributed by atoms with Crippen LogP contribution >= 0.6 is 0 Å². The summed E-state index contributed by atoms with van der Waals surface area (Å²) in [7, 11) is 0. The van der Waals surface area contributed by atoms with Gasteiger partial charge in [0.2, 0.25) is 0 Å². The van der Waals surface area contributed by atoms with Crippen LogP contribution in [-0.4, -0.2) is 0 Å². The molecule has 127 valence electrons. The van der Waals surface area contributed by atoms with Gasteiger partial charge in [0.25, 0.3) is 0 Å². The highest BCUT2D eigenvalue weighted by Gasteiger charge is 2.28. The largest absolute Gasteiger partial charge is 0.0806 e. The van der Waals surface area contributed by atoms with Crippen molar-refractivity contribution in [2.75, 3.05) is 0 Å². The van der Waals surface area contributed by atoms with E-state index in [-0.39, 0.29) is 0 Å². The molecule has 1 radical (unpaired) electrons. The van der Waals surface area contributed by atoms with Crippen molar-refractivity contribution in [1.82, 2.24) is 0 Å². The fraction of sp³-hybridized carbons (Fsp3) is 0.192. The van der Waals surface area contributed by atoms with Crippen molar-refractivity contribution in [3.63, 3.8) is 0 Å². The molecule has 5 rings (SSSR count). The summed E-state index contributed by atoms with van der Waals surface area (Å²) in [6.07, 6.45) is 6.57. The smallest absolute Gasteiger partial charge is 0.00611 e. The molecule has 3 aromatic carbocycles. The van der Waals surface area contributed by atoms with Gasteiger partial charge in [-0.05, 0) is 77.5 Å². The summed E-state index contributed by atoms with van der Waals surface area (Å²) in [4.78, 5) is 0. The average molecular weight is 335 g/mol. The lowest BCUT2D eigenvalue weighted by Gasteiger charge is -2.31. The van der Waals surface area contributed by atoms with Gasteiger partial charge in [0.05, 0.1) is 0 Å². The molecule has 0 saturated carbocycles. The van der Waals surface area contributed by atoms with Crippen LogP contribution in [0.3, 0.4) is 0 Å². The molecular weight excluding hydrogens is 312 g/mol. The first kappa shape index (κ1) is 15.6. The van der Waals surface area contributed by atoms with Gasteiger partial charge in [-0.25, -0.2) is 0 Å². The average Bonchev–Trinajstić information content (AvgIpc) is 2.69. The molecule has 0 nitrogen and oxygen atoms in total. The zero-order valence-electron chi connectivity index (χ0n) is 15.0. The van der Waals surface area contributed by atoms with E-state index in [9.17, 15) is 0 Å². The Bertz CT molecular complexity index is 992. The van der Waals surface area contributed by atoms with Crippen LogP contribution in [0, 0.1) is 6.92 Å². The summed E-state index contributed by atoms with van der Waals surface area (Å²) in [5, 5.41) is 0. The Balaban J connectivity index is 1.63. The first-order chi connectivity index (χ1) is 12.8. The summed E-state index contributed by atoms with van der Waals surface area (Å²) in [6.45, 7) is 4.24. The van der Waals surface area contributed by atoms with Crippen LogP contribution in [0.25, 0.3) is 11.1 Å². The van der Waals surface area contributed by atoms with Gasteiger partial charge in [-0.2, -0.15) is 0 Å². The molecule has 0 heterocycles. The molecule has 0 heteroatoms. The van der Waals surface area contributed by atoms with Gasteiger partial charge in [-0.3, -0.25) is 0 Å². The topological polar surface area (TPSA) is 0 Å². The molecule has 0 bridgehead atoms. The summed E-state index contributed by atoms with van der Waals surface area (Å²) in [5.41, 5.74) is 11.7. The van der Waals surface area contributed by atoms with E-state index in [4.69, 9.17) is 0 Å². The highest BCUT2D eigenvalue weighted by molar-refractivity contribution is 5.76. The molecule has 0 aromatic heterocycles. The Labute approximate surface area is 156 Å². The molecule has 2 aliphatic carbocycles. The number of hydrogen-bond acceptors (Lipinski definition) is 0. The van der Waals surface area contributed by atoms with Crippen molar-refractivity contribution in [2.45, 2.75) is 31.6 Å². The molecule has 0 spiro atoms. The van der Waals surface area contributed by atoms with Crippen molar-refractivity contribution in [3.8, 4) is 11.1 Å². The standard InChI is InChI=1S/C26H23/c1-18-11-12-20-13-14-24-23-10-6-5-9-22(23)21(17-26(24)25(20)15-18)16-19-7-3-2-4-8-19/h2-11,13-14,21H,1,12,15-17H2. The Hall–Kier alpha value is -2.60. The van der Waals surface area contributed by atoms with Gasteiger partial charge >= 0.3 is 0 Å². The van der Waals surface area contributed by atoms with Crippen LogP contribution in [0.1, 0.15) is 33.7 Å². The second-order valence-corrected chi connectivity index (χ2v) is 7.65. The first-order valence-corrected chi connectivity index (χ1v) is 9.57. The van der Waals surface area contributed by atoms with Crippen molar-refractivity contribution in [2.24, 2.45) is 0 Å². The van der Waals surface area contributed by atoms with E-state index in [0.29, 0.717) is 5.92 Å². The normalized spacial score (nSPS) is 17.7. The first-order valence-electron chi connectivity index (χ1n) is 9.57. The molecular formula is C26H23. The number of rotatable bonds is 2. The van der Waals surface area contributed by atoms with E-state index in [1.54, 1.807) is 11.1 Å². The Kier molecular flexibility index (Phi) is 3.78. The number of allylic oxidation sites excluding steroid dienone is 2. The second-order valence-electron chi connectivity index (χ2n) is 7.65. The minimum Gasteiger partial charge on any atom is -0.0806 e. The maximum atomic E-state index is 4.24. The minimum absolute atomic E-state index is 0.548. The van der Waals surface area contributed by atoms with Crippen molar-refractivity contribution < 1.29 is 0 Å². The summed E-state index contributed by atoms with van der Waals surface area (Å²) < 4.78 is 0. The predicted octanol–water partition coefficient (Wildman–Crippen LogP) is 6.10. The highest BCUT2D eigenvalue weighted by atomic mass is 14.3. The number of hydrogen-bond donors (Lipinski definition) is 0. The van der Waals surface area contributed by atoms with Gasteiger partial charge in [0.1, 0.15) is 0 Å². The molecule has 0 N–H and O–H groups in total. The molecule has 26 heavy (non-hydrogen) atoms. The SMILES string of the molecule is [CH2]C1=CCc2ccc3c(c2C1)CC(Cc1ccccc1)c1ccccc1-3. The van der Waals surface area contributed by atoms with Crippen LogP contribution in [0.4, 0.5) is 0 Å². The Morgan fingerprint density at radius 1 is 0.808 bits per heavy atom. The van der Waals surface area contributed by atoms with Crippen LogP contribution < -0.4 is 0 Å². The van der Waals surface area contributed by atoms with E-state index in [1.807, 2.05) is 0 Å². The van der Waals surface area contributed by atoms with E-state index >= 15 is 0 Å². The minimum atomic E-state index is 0.548. The zero-order chi connectivity index (χ0) is 17.5. The maximum Gasteiger partial charge on any atom is -0.00611 e. The van der Waals surface area contributed by atoms with Crippen LogP contribution in [0.5, 0.6) is 0 Å². The monoisotopic (exact) mass is 335 g/mol. The zero-order valence-corrected chi connectivity index (χ0v) is 15.0. The van der Waals surface area contributed by atoms with E-state index in [2.05, 4.69) is 79.7 Å². The lowest BCUT2D eigenvalue weighted by atomic mass is 9.72. The summed E-state index contributed by atoms with van der Waals surface area (Å²) in [6, 6.07) is 24.6. The van der Waals surface area contributed by atoms with Crippen molar-refractivity contribution in [3.05, 3.63) is 113 Å². The van der Waals surface area contributed by atoms with Crippen LogP contribution in [0.15, 0.2) is 78.4 Å².